The largest absolute Gasteiger partial charge is 0.439 e. The number of hydrogen-bond donors (Lipinski definition) is 2. The predicted molar refractivity (Wildman–Crippen MR) is 79.8 cm³/mol. The summed E-state index contributed by atoms with van der Waals surface area (Å²) in [5, 5.41) is 6.84. The van der Waals surface area contributed by atoms with Crippen LogP contribution >= 0.6 is 0 Å². The number of nitrogens with zero attached hydrogens (tertiary/aromatic N) is 3. The van der Waals surface area contributed by atoms with Crippen LogP contribution in [0.5, 0.6) is 0 Å². The van der Waals surface area contributed by atoms with E-state index in [0.29, 0.717) is 11.5 Å². The fourth-order valence-electron chi connectivity index (χ4n) is 2.33. The maximum atomic E-state index is 11.1. The summed E-state index contributed by atoms with van der Waals surface area (Å²) in [5.41, 5.74) is 2.70. The maximum absolute atomic E-state index is 11.1. The third-order valence-electron chi connectivity index (χ3n) is 3.59. The van der Waals surface area contributed by atoms with Crippen molar-refractivity contribution in [2.75, 3.05) is 5.32 Å². The Morgan fingerprint density at radius 3 is 2.59 bits per heavy atom. The Bertz CT molecular complexity index is 849. The first kappa shape index (κ1) is 12.8. The minimum Gasteiger partial charge on any atom is -0.338 e. The van der Waals surface area contributed by atoms with Gasteiger partial charge in [0.2, 0.25) is 5.82 Å². The number of aromatic amines is 1. The van der Waals surface area contributed by atoms with Gasteiger partial charge in [-0.15, -0.1) is 0 Å². The van der Waals surface area contributed by atoms with Crippen LogP contribution in [0, 0.1) is 0 Å². The summed E-state index contributed by atoms with van der Waals surface area (Å²) >= 11 is 0. The van der Waals surface area contributed by atoms with E-state index in [1.165, 1.54) is 24.6 Å². The third-order valence-corrected chi connectivity index (χ3v) is 3.59. The van der Waals surface area contributed by atoms with Crippen molar-refractivity contribution in [3.05, 3.63) is 52.8 Å². The van der Waals surface area contributed by atoms with Gasteiger partial charge in [-0.25, -0.2) is 14.8 Å². The van der Waals surface area contributed by atoms with Gasteiger partial charge in [-0.05, 0) is 36.5 Å². The highest BCUT2D eigenvalue weighted by molar-refractivity contribution is 5.70. The summed E-state index contributed by atoms with van der Waals surface area (Å²) in [6.45, 7) is 0. The van der Waals surface area contributed by atoms with E-state index in [1.807, 2.05) is 12.1 Å². The Balaban J connectivity index is 1.63. The molecule has 0 radical (unpaired) electrons. The smallest absolute Gasteiger partial charge is 0.338 e. The summed E-state index contributed by atoms with van der Waals surface area (Å²) in [4.78, 5) is 22.0. The zero-order valence-corrected chi connectivity index (χ0v) is 11.6. The molecule has 2 aromatic heterocycles. The van der Waals surface area contributed by atoms with E-state index < -0.39 is 5.76 Å². The van der Waals surface area contributed by atoms with Crippen LogP contribution in [0.1, 0.15) is 24.3 Å². The number of rotatable bonds is 4. The normalized spacial score (nSPS) is 14.0. The molecule has 0 bridgehead atoms. The highest BCUT2D eigenvalue weighted by Gasteiger charge is 2.23. The second kappa shape index (κ2) is 5.10. The van der Waals surface area contributed by atoms with Crippen molar-refractivity contribution in [3.63, 3.8) is 0 Å². The molecule has 1 aromatic carbocycles. The quantitative estimate of drug-likeness (QED) is 0.767. The molecular weight excluding hydrogens is 282 g/mol. The molecule has 2 heterocycles. The van der Waals surface area contributed by atoms with Gasteiger partial charge in [0.05, 0.1) is 0 Å². The van der Waals surface area contributed by atoms with Crippen molar-refractivity contribution in [2.45, 2.75) is 18.8 Å². The first-order valence-corrected chi connectivity index (χ1v) is 7.04. The molecule has 0 unspecified atom stereocenters. The summed E-state index contributed by atoms with van der Waals surface area (Å²) in [6.07, 6.45) is 5.66. The molecule has 110 valence electrons. The SMILES string of the molecule is O=c1[nH]c(-c2nccnc2Nc2ccc(C3CC3)cc2)no1. The molecule has 2 N–H and O–H groups in total. The lowest BCUT2D eigenvalue weighted by Gasteiger charge is -2.08. The van der Waals surface area contributed by atoms with Crippen LogP contribution in [0.4, 0.5) is 11.5 Å². The van der Waals surface area contributed by atoms with Crippen LogP contribution < -0.4 is 11.1 Å². The molecule has 4 rings (SSSR count). The van der Waals surface area contributed by atoms with E-state index in [0.717, 1.165) is 11.6 Å². The van der Waals surface area contributed by atoms with Gasteiger partial charge in [-0.2, -0.15) is 0 Å². The molecule has 22 heavy (non-hydrogen) atoms. The topological polar surface area (TPSA) is 96.7 Å². The number of hydrogen-bond acceptors (Lipinski definition) is 6. The van der Waals surface area contributed by atoms with Gasteiger partial charge in [0.15, 0.2) is 11.5 Å². The van der Waals surface area contributed by atoms with E-state index >= 15 is 0 Å². The molecule has 0 spiro atoms. The van der Waals surface area contributed by atoms with Gasteiger partial charge in [-0.1, -0.05) is 17.3 Å². The summed E-state index contributed by atoms with van der Waals surface area (Å²) in [6, 6.07) is 8.26. The molecule has 7 heteroatoms. The first-order valence-electron chi connectivity index (χ1n) is 7.04. The highest BCUT2D eigenvalue weighted by Crippen LogP contribution is 2.40. The van der Waals surface area contributed by atoms with Crippen molar-refractivity contribution in [3.8, 4) is 11.5 Å². The van der Waals surface area contributed by atoms with Crippen LogP contribution in [0.3, 0.4) is 0 Å². The summed E-state index contributed by atoms with van der Waals surface area (Å²) in [5.74, 6) is 0.850. The average molecular weight is 295 g/mol. The molecule has 3 aromatic rings. The lowest BCUT2D eigenvalue weighted by atomic mass is 10.1. The summed E-state index contributed by atoms with van der Waals surface area (Å²) in [7, 11) is 0. The molecule has 0 atom stereocenters. The van der Waals surface area contributed by atoms with Crippen molar-refractivity contribution in [2.24, 2.45) is 0 Å². The van der Waals surface area contributed by atoms with E-state index in [4.69, 9.17) is 0 Å². The van der Waals surface area contributed by atoms with Crippen LogP contribution in [-0.2, 0) is 0 Å². The molecule has 0 amide bonds. The van der Waals surface area contributed by atoms with Gasteiger partial charge in [0.1, 0.15) is 0 Å². The van der Waals surface area contributed by atoms with Gasteiger partial charge in [0.25, 0.3) is 0 Å². The molecular formula is C15H13N5O2. The molecule has 0 aliphatic heterocycles. The lowest BCUT2D eigenvalue weighted by molar-refractivity contribution is 0.387. The Morgan fingerprint density at radius 1 is 1.14 bits per heavy atom. The minimum absolute atomic E-state index is 0.246. The van der Waals surface area contributed by atoms with Crippen LogP contribution in [0.2, 0.25) is 0 Å². The van der Waals surface area contributed by atoms with Crippen LogP contribution in [0.15, 0.2) is 46.0 Å². The zero-order chi connectivity index (χ0) is 14.9. The van der Waals surface area contributed by atoms with Gasteiger partial charge in [0, 0.05) is 18.1 Å². The van der Waals surface area contributed by atoms with Crippen molar-refractivity contribution >= 4 is 11.5 Å². The van der Waals surface area contributed by atoms with Crippen molar-refractivity contribution in [1.29, 1.82) is 0 Å². The van der Waals surface area contributed by atoms with Crippen molar-refractivity contribution in [1.82, 2.24) is 20.1 Å². The predicted octanol–water partition coefficient (Wildman–Crippen LogP) is 2.44. The van der Waals surface area contributed by atoms with E-state index in [9.17, 15) is 4.79 Å². The standard InChI is InChI=1S/C15H13N5O2/c21-15-19-14(20-22-15)12-13(17-8-7-16-12)18-11-5-3-10(4-6-11)9-1-2-9/h3-9H,1-2H2,(H,17,18)(H,19,20,21). The molecule has 1 aliphatic rings. The second-order valence-electron chi connectivity index (χ2n) is 5.22. The Labute approximate surface area is 125 Å². The monoisotopic (exact) mass is 295 g/mol. The number of aromatic nitrogens is 4. The zero-order valence-electron chi connectivity index (χ0n) is 11.6. The number of benzene rings is 1. The second-order valence-corrected chi connectivity index (χ2v) is 5.22. The van der Waals surface area contributed by atoms with Gasteiger partial charge < -0.3 is 5.32 Å². The van der Waals surface area contributed by atoms with Crippen molar-refractivity contribution < 1.29 is 4.52 Å². The van der Waals surface area contributed by atoms with Crippen LogP contribution in [-0.4, -0.2) is 20.1 Å². The Hall–Kier alpha value is -2.96. The minimum atomic E-state index is -0.625. The average Bonchev–Trinajstić information content (AvgIpc) is 3.30. The Kier molecular flexibility index (Phi) is 2.96. The molecule has 7 nitrogen and oxygen atoms in total. The Morgan fingerprint density at radius 2 is 1.91 bits per heavy atom. The fraction of sp³-hybridized carbons (Fsp3) is 0.200. The molecule has 1 saturated carbocycles. The van der Waals surface area contributed by atoms with Gasteiger partial charge >= 0.3 is 5.76 Å². The molecule has 1 fully saturated rings. The van der Waals surface area contributed by atoms with E-state index in [1.54, 1.807) is 6.20 Å². The van der Waals surface area contributed by atoms with E-state index in [-0.39, 0.29) is 5.82 Å². The maximum Gasteiger partial charge on any atom is 0.439 e. The highest BCUT2D eigenvalue weighted by atomic mass is 16.5. The number of anilines is 2. The fourth-order valence-corrected chi connectivity index (χ4v) is 2.33. The summed E-state index contributed by atoms with van der Waals surface area (Å²) < 4.78 is 4.52. The number of nitrogens with one attached hydrogen (secondary N) is 2. The lowest BCUT2D eigenvalue weighted by Crippen LogP contribution is -2.01. The van der Waals surface area contributed by atoms with Gasteiger partial charge in [-0.3, -0.25) is 9.51 Å². The first-order chi connectivity index (χ1) is 10.8. The molecule has 0 saturated heterocycles. The third kappa shape index (κ3) is 2.48. The van der Waals surface area contributed by atoms with E-state index in [2.05, 4.69) is 42.1 Å². The molecule has 1 aliphatic carbocycles. The van der Waals surface area contributed by atoms with Crippen LogP contribution in [0.25, 0.3) is 11.5 Å². The number of H-pyrrole nitrogens is 1.